The summed E-state index contributed by atoms with van der Waals surface area (Å²) in [5, 5.41) is 5.07. The molecule has 0 aliphatic rings. The van der Waals surface area contributed by atoms with Gasteiger partial charge < -0.3 is 0 Å². The predicted octanol–water partition coefficient (Wildman–Crippen LogP) is 4.57. The first-order valence-corrected chi connectivity index (χ1v) is 9.86. The van der Waals surface area contributed by atoms with Gasteiger partial charge in [-0.15, -0.1) is 0 Å². The molecule has 0 bridgehead atoms. The van der Waals surface area contributed by atoms with E-state index in [0.29, 0.717) is 0 Å². The monoisotopic (exact) mass is 335 g/mol. The molecule has 1 N–H and O–H groups in total. The minimum atomic E-state index is -2.91. The molecule has 1 atom stereocenters. The molecule has 0 radical (unpaired) electrons. The molecular formula is C21H22NOP. The molecule has 0 heterocycles. The third-order valence-corrected chi connectivity index (χ3v) is 6.99. The summed E-state index contributed by atoms with van der Waals surface area (Å²) in [6, 6.07) is 27.7. The van der Waals surface area contributed by atoms with Crippen molar-refractivity contribution in [1.29, 1.82) is 0 Å². The van der Waals surface area contributed by atoms with Crippen molar-refractivity contribution in [2.45, 2.75) is 19.9 Å². The number of rotatable bonds is 5. The molecule has 0 aliphatic carbocycles. The molecule has 1 unspecified atom stereocenters. The largest absolute Gasteiger partial charge is 0.297 e. The molecule has 24 heavy (non-hydrogen) atoms. The van der Waals surface area contributed by atoms with E-state index in [4.69, 9.17) is 0 Å². The first-order valence-electron chi connectivity index (χ1n) is 8.15. The summed E-state index contributed by atoms with van der Waals surface area (Å²) in [5.41, 5.74) is 2.35. The fourth-order valence-corrected chi connectivity index (χ4v) is 5.25. The van der Waals surface area contributed by atoms with Crippen LogP contribution >= 0.6 is 7.29 Å². The SMILES string of the molecule is Cc1ccc(C(C)NP(=O)(c2ccccc2)c2ccccc2)cc1. The maximum absolute atomic E-state index is 14.0. The zero-order chi connectivity index (χ0) is 17.0. The van der Waals surface area contributed by atoms with Gasteiger partial charge in [0, 0.05) is 16.7 Å². The van der Waals surface area contributed by atoms with Crippen LogP contribution in [0.3, 0.4) is 0 Å². The zero-order valence-corrected chi connectivity index (χ0v) is 14.9. The van der Waals surface area contributed by atoms with E-state index in [9.17, 15) is 4.57 Å². The van der Waals surface area contributed by atoms with Crippen molar-refractivity contribution in [3.05, 3.63) is 96.1 Å². The molecule has 0 amide bonds. The molecule has 0 saturated carbocycles. The van der Waals surface area contributed by atoms with Crippen LogP contribution in [0.1, 0.15) is 24.1 Å². The molecule has 3 aromatic rings. The summed E-state index contributed by atoms with van der Waals surface area (Å²) in [7, 11) is -2.91. The molecule has 0 fully saturated rings. The summed E-state index contributed by atoms with van der Waals surface area (Å²) >= 11 is 0. The predicted molar refractivity (Wildman–Crippen MR) is 102 cm³/mol. The Morgan fingerprint density at radius 2 is 1.21 bits per heavy atom. The number of nitrogens with one attached hydrogen (secondary N) is 1. The highest BCUT2D eigenvalue weighted by molar-refractivity contribution is 7.76. The summed E-state index contributed by atoms with van der Waals surface area (Å²) in [6.45, 7) is 4.13. The Morgan fingerprint density at radius 3 is 1.67 bits per heavy atom. The second kappa shape index (κ2) is 7.17. The van der Waals surface area contributed by atoms with Crippen LogP contribution < -0.4 is 15.7 Å². The van der Waals surface area contributed by atoms with Crippen molar-refractivity contribution < 1.29 is 4.57 Å². The Balaban J connectivity index is 2.00. The summed E-state index contributed by atoms with van der Waals surface area (Å²) in [4.78, 5) is 0. The number of hydrogen-bond donors (Lipinski definition) is 1. The Morgan fingerprint density at radius 1 is 0.750 bits per heavy atom. The smallest absolute Gasteiger partial charge is 0.205 e. The Hall–Kier alpha value is -2.15. The minimum absolute atomic E-state index is 0.0168. The highest BCUT2D eigenvalue weighted by atomic mass is 31.2. The van der Waals surface area contributed by atoms with E-state index in [1.807, 2.05) is 60.7 Å². The van der Waals surface area contributed by atoms with Crippen LogP contribution in [0.4, 0.5) is 0 Å². The van der Waals surface area contributed by atoms with Gasteiger partial charge in [-0.3, -0.25) is 9.65 Å². The van der Waals surface area contributed by atoms with Crippen LogP contribution in [0, 0.1) is 6.92 Å². The lowest BCUT2D eigenvalue weighted by molar-refractivity contribution is 0.568. The summed E-state index contributed by atoms with van der Waals surface area (Å²) in [5.74, 6) is 0. The molecule has 0 saturated heterocycles. The summed E-state index contributed by atoms with van der Waals surface area (Å²) < 4.78 is 14.0. The first-order chi connectivity index (χ1) is 11.6. The van der Waals surface area contributed by atoms with Crippen molar-refractivity contribution in [1.82, 2.24) is 5.09 Å². The van der Waals surface area contributed by atoms with Gasteiger partial charge in [0.25, 0.3) is 0 Å². The van der Waals surface area contributed by atoms with Crippen molar-refractivity contribution in [3.63, 3.8) is 0 Å². The Bertz CT molecular complexity index is 785. The Kier molecular flexibility index (Phi) is 4.99. The maximum Gasteiger partial charge on any atom is 0.205 e. The number of benzene rings is 3. The van der Waals surface area contributed by atoms with Gasteiger partial charge in [0.05, 0.1) is 0 Å². The Labute approximate surface area is 144 Å². The topological polar surface area (TPSA) is 29.1 Å². The maximum atomic E-state index is 14.0. The van der Waals surface area contributed by atoms with E-state index in [-0.39, 0.29) is 6.04 Å². The van der Waals surface area contributed by atoms with E-state index in [1.165, 1.54) is 5.56 Å². The summed E-state index contributed by atoms with van der Waals surface area (Å²) in [6.07, 6.45) is 0. The molecule has 0 aliphatic heterocycles. The van der Waals surface area contributed by atoms with Gasteiger partial charge in [0.2, 0.25) is 7.29 Å². The van der Waals surface area contributed by atoms with Crippen LogP contribution in [0.2, 0.25) is 0 Å². The molecular weight excluding hydrogens is 313 g/mol. The lowest BCUT2D eigenvalue weighted by Gasteiger charge is -2.25. The molecule has 3 aromatic carbocycles. The van der Waals surface area contributed by atoms with Crippen LogP contribution in [0.15, 0.2) is 84.9 Å². The van der Waals surface area contributed by atoms with Gasteiger partial charge in [0.1, 0.15) is 0 Å². The van der Waals surface area contributed by atoms with Gasteiger partial charge in [-0.2, -0.15) is 0 Å². The van der Waals surface area contributed by atoms with Crippen molar-refractivity contribution in [3.8, 4) is 0 Å². The van der Waals surface area contributed by atoms with E-state index >= 15 is 0 Å². The average Bonchev–Trinajstić information content (AvgIpc) is 2.63. The molecule has 0 spiro atoms. The van der Waals surface area contributed by atoms with E-state index in [0.717, 1.165) is 16.2 Å². The van der Waals surface area contributed by atoms with Crippen LogP contribution in [-0.4, -0.2) is 0 Å². The van der Waals surface area contributed by atoms with Crippen LogP contribution in [0.5, 0.6) is 0 Å². The second-order valence-corrected chi connectivity index (χ2v) is 8.55. The van der Waals surface area contributed by atoms with Crippen LogP contribution in [-0.2, 0) is 4.57 Å². The molecule has 2 nitrogen and oxygen atoms in total. The van der Waals surface area contributed by atoms with Gasteiger partial charge in [-0.05, 0) is 43.7 Å². The third-order valence-electron chi connectivity index (χ3n) is 4.19. The zero-order valence-electron chi connectivity index (χ0n) is 14.0. The molecule has 3 rings (SSSR count). The van der Waals surface area contributed by atoms with Crippen molar-refractivity contribution in [2.75, 3.05) is 0 Å². The highest BCUT2D eigenvalue weighted by Crippen LogP contribution is 2.41. The molecule has 0 aromatic heterocycles. The van der Waals surface area contributed by atoms with E-state index in [1.54, 1.807) is 0 Å². The molecule has 3 heteroatoms. The van der Waals surface area contributed by atoms with Gasteiger partial charge in [-0.1, -0.05) is 66.2 Å². The quantitative estimate of drug-likeness (QED) is 0.692. The lowest BCUT2D eigenvalue weighted by atomic mass is 10.1. The number of aryl methyl sites for hydroxylation is 1. The van der Waals surface area contributed by atoms with Crippen molar-refractivity contribution in [2.24, 2.45) is 0 Å². The fourth-order valence-electron chi connectivity index (χ4n) is 2.78. The third kappa shape index (κ3) is 3.51. The van der Waals surface area contributed by atoms with Gasteiger partial charge in [0.15, 0.2) is 0 Å². The van der Waals surface area contributed by atoms with Crippen LogP contribution in [0.25, 0.3) is 0 Å². The normalized spacial score (nSPS) is 12.8. The second-order valence-electron chi connectivity index (χ2n) is 6.04. The first kappa shape index (κ1) is 16.7. The van der Waals surface area contributed by atoms with E-state index < -0.39 is 7.29 Å². The van der Waals surface area contributed by atoms with Gasteiger partial charge >= 0.3 is 0 Å². The minimum Gasteiger partial charge on any atom is -0.297 e. The number of hydrogen-bond acceptors (Lipinski definition) is 1. The standard InChI is InChI=1S/C21H22NOP/c1-17-13-15-19(16-14-17)18(2)22-24(23,20-9-5-3-6-10-20)21-11-7-4-8-12-21/h3-16,18H,1-2H3,(H,22,23). The average molecular weight is 335 g/mol. The lowest BCUT2D eigenvalue weighted by Crippen LogP contribution is -2.29. The van der Waals surface area contributed by atoms with E-state index in [2.05, 4.69) is 43.2 Å². The highest BCUT2D eigenvalue weighted by Gasteiger charge is 2.28. The molecule has 122 valence electrons. The fraction of sp³-hybridized carbons (Fsp3) is 0.143. The van der Waals surface area contributed by atoms with Crippen molar-refractivity contribution >= 4 is 17.9 Å². The van der Waals surface area contributed by atoms with Gasteiger partial charge in [-0.25, -0.2) is 0 Å².